The fourth-order valence-corrected chi connectivity index (χ4v) is 5.90. The smallest absolute Gasteiger partial charge is 0.254 e. The number of halogens is 2. The van der Waals surface area contributed by atoms with E-state index in [1.54, 1.807) is 36.5 Å². The molecule has 1 amide bonds. The van der Waals surface area contributed by atoms with E-state index in [4.69, 9.17) is 27.7 Å². The van der Waals surface area contributed by atoms with Gasteiger partial charge in [-0.25, -0.2) is 14.4 Å². The van der Waals surface area contributed by atoms with Crippen LogP contribution in [0.5, 0.6) is 0 Å². The molecule has 0 saturated heterocycles. The summed E-state index contributed by atoms with van der Waals surface area (Å²) in [6.07, 6.45) is 5.81. The number of fused-ring (bicyclic) bond motifs is 2. The van der Waals surface area contributed by atoms with Crippen LogP contribution in [0.25, 0.3) is 22.4 Å². The third-order valence-corrected chi connectivity index (χ3v) is 7.72. The van der Waals surface area contributed by atoms with Crippen LogP contribution in [0.4, 0.5) is 4.39 Å². The topological polar surface area (TPSA) is 113 Å². The number of nitrogens with zero attached hydrogens (tertiary/aromatic N) is 5. The van der Waals surface area contributed by atoms with Crippen molar-refractivity contribution in [3.05, 3.63) is 82.4 Å². The zero-order valence-electron chi connectivity index (χ0n) is 20.4. The number of pyridine rings is 1. The van der Waals surface area contributed by atoms with Crippen LogP contribution in [-0.2, 0) is 6.54 Å². The number of imidazole rings is 1. The normalized spacial score (nSPS) is 19.7. The average molecular weight is 530 g/mol. The van der Waals surface area contributed by atoms with Gasteiger partial charge in [-0.1, -0.05) is 29.8 Å². The number of hydrogen-bond acceptors (Lipinski definition) is 4. The molecular weight excluding hydrogens is 505 g/mol. The van der Waals surface area contributed by atoms with Crippen LogP contribution in [0.15, 0.2) is 59.7 Å². The number of hydrogen-bond donors (Lipinski definition) is 2. The van der Waals surface area contributed by atoms with Gasteiger partial charge in [0.25, 0.3) is 5.91 Å². The fraction of sp³-hybridized carbons (Fsp3) is 0.250. The third kappa shape index (κ3) is 4.12. The highest BCUT2D eigenvalue weighted by atomic mass is 35.5. The summed E-state index contributed by atoms with van der Waals surface area (Å²) in [5.74, 6) is 0.257. The van der Waals surface area contributed by atoms with Crippen molar-refractivity contribution in [3.8, 4) is 11.4 Å². The maximum atomic E-state index is 15.0. The molecule has 1 aliphatic carbocycles. The van der Waals surface area contributed by atoms with Crippen molar-refractivity contribution in [2.45, 2.75) is 44.3 Å². The molecule has 3 N–H and O–H groups in total. The number of aliphatic imine (C=N–C) groups is 1. The highest BCUT2D eigenvalue weighted by molar-refractivity contribution is 6.31. The minimum absolute atomic E-state index is 0.0000758. The average Bonchev–Trinajstić information content (AvgIpc) is 3.46. The second kappa shape index (κ2) is 9.64. The van der Waals surface area contributed by atoms with Gasteiger partial charge in [-0.15, -0.1) is 0 Å². The predicted octanol–water partition coefficient (Wildman–Crippen LogP) is 5.34. The summed E-state index contributed by atoms with van der Waals surface area (Å²) in [7, 11) is 0. The molecule has 3 heterocycles. The third-order valence-electron chi connectivity index (χ3n) is 7.49. The van der Waals surface area contributed by atoms with E-state index in [2.05, 4.69) is 14.5 Å². The minimum Gasteiger partial charge on any atom is -0.382 e. The highest BCUT2D eigenvalue weighted by Crippen LogP contribution is 2.40. The zero-order valence-corrected chi connectivity index (χ0v) is 21.2. The van der Waals surface area contributed by atoms with Gasteiger partial charge >= 0.3 is 0 Å². The minimum atomic E-state index is -0.364. The molecule has 0 bridgehead atoms. The monoisotopic (exact) mass is 529 g/mol. The molecule has 0 spiro atoms. The van der Waals surface area contributed by atoms with Gasteiger partial charge in [0.15, 0.2) is 5.84 Å². The molecule has 4 aromatic rings. The molecule has 1 saturated carbocycles. The van der Waals surface area contributed by atoms with E-state index in [-0.39, 0.29) is 29.6 Å². The second-order valence-corrected chi connectivity index (χ2v) is 10.1. The summed E-state index contributed by atoms with van der Waals surface area (Å²) in [4.78, 5) is 28.3. The van der Waals surface area contributed by atoms with Crippen LogP contribution in [-0.4, -0.2) is 43.6 Å². The van der Waals surface area contributed by atoms with E-state index in [9.17, 15) is 4.79 Å². The summed E-state index contributed by atoms with van der Waals surface area (Å²) in [5, 5.41) is 7.80. The van der Waals surface area contributed by atoms with Crippen molar-refractivity contribution in [2.75, 3.05) is 0 Å². The number of carbonyl (C=O) groups excluding carboxylic acids is 1. The molecule has 0 radical (unpaired) electrons. The lowest BCUT2D eigenvalue weighted by Gasteiger charge is -2.36. The van der Waals surface area contributed by atoms with Gasteiger partial charge in [0.2, 0.25) is 0 Å². The number of carbonyl (C=O) groups is 1. The largest absolute Gasteiger partial charge is 0.382 e. The van der Waals surface area contributed by atoms with E-state index in [1.807, 2.05) is 17.0 Å². The summed E-state index contributed by atoms with van der Waals surface area (Å²) >= 11 is 6.17. The molecule has 2 unspecified atom stereocenters. The van der Waals surface area contributed by atoms with Crippen molar-refractivity contribution >= 4 is 40.7 Å². The predicted molar refractivity (Wildman–Crippen MR) is 145 cm³/mol. The summed E-state index contributed by atoms with van der Waals surface area (Å²) in [5.41, 5.74) is 9.85. The first-order valence-corrected chi connectivity index (χ1v) is 12.9. The van der Waals surface area contributed by atoms with Crippen molar-refractivity contribution in [3.63, 3.8) is 0 Å². The number of amidine groups is 1. The molecule has 6 rings (SSSR count). The number of amides is 1. The summed E-state index contributed by atoms with van der Waals surface area (Å²) in [6, 6.07) is 13.8. The number of aromatic nitrogens is 3. The van der Waals surface area contributed by atoms with Crippen molar-refractivity contribution < 1.29 is 9.18 Å². The Balaban J connectivity index is 1.43. The first-order chi connectivity index (χ1) is 18.4. The van der Waals surface area contributed by atoms with Crippen LogP contribution < -0.4 is 5.73 Å². The van der Waals surface area contributed by atoms with Crippen LogP contribution >= 0.6 is 11.6 Å². The van der Waals surface area contributed by atoms with Gasteiger partial charge in [0.1, 0.15) is 29.2 Å². The standard InChI is InChI=1S/C28H25ClFN7O/c29-17-9-8-16-14-36(28(38)21(16)10-17)18-4-3-5-19(11-18)37-25-12-23(26(32)34-15-31)33-13-24(25)35-27(37)20-6-1-2-7-22(20)30/h1-2,6-10,12-13,15,18-19H,3-5,11,14H2,(H3,31,32,34). The Labute approximate surface area is 223 Å². The lowest BCUT2D eigenvalue weighted by atomic mass is 9.89. The molecule has 2 aliphatic rings. The van der Waals surface area contributed by atoms with E-state index in [1.165, 1.54) is 6.07 Å². The first-order valence-electron chi connectivity index (χ1n) is 12.5. The molecule has 2 aromatic heterocycles. The number of nitrogens with two attached hydrogens (primary N) is 1. The summed E-state index contributed by atoms with van der Waals surface area (Å²) < 4.78 is 17.1. The zero-order chi connectivity index (χ0) is 26.4. The molecule has 8 nitrogen and oxygen atoms in total. The van der Waals surface area contributed by atoms with E-state index >= 15 is 4.39 Å². The Kier molecular flexibility index (Phi) is 6.15. The molecule has 10 heteroatoms. The van der Waals surface area contributed by atoms with Gasteiger partial charge in [-0.05, 0) is 61.6 Å². The highest BCUT2D eigenvalue weighted by Gasteiger charge is 2.37. The SMILES string of the molecule is N=CN=C(N)c1cc2c(cn1)nc(-c1ccccc1F)n2C1CCCC(N2Cc3ccc(Cl)cc3C2=O)C1. The Morgan fingerprint density at radius 2 is 1.97 bits per heavy atom. The lowest BCUT2D eigenvalue weighted by Crippen LogP contribution is -2.39. The Hall–Kier alpha value is -4.11. The quantitative estimate of drug-likeness (QED) is 0.268. The molecule has 2 aromatic carbocycles. The van der Waals surface area contributed by atoms with Crippen molar-refractivity contribution in [1.82, 2.24) is 19.4 Å². The van der Waals surface area contributed by atoms with Crippen LogP contribution in [0.3, 0.4) is 0 Å². The Morgan fingerprint density at radius 1 is 1.16 bits per heavy atom. The Morgan fingerprint density at radius 3 is 2.79 bits per heavy atom. The molecule has 1 fully saturated rings. The van der Waals surface area contributed by atoms with E-state index in [0.717, 1.165) is 36.7 Å². The first kappa shape index (κ1) is 24.2. The maximum absolute atomic E-state index is 15.0. The maximum Gasteiger partial charge on any atom is 0.254 e. The Bertz CT molecular complexity index is 1610. The second-order valence-electron chi connectivity index (χ2n) is 9.70. The molecule has 2 atom stereocenters. The lowest BCUT2D eigenvalue weighted by molar-refractivity contribution is 0.0630. The van der Waals surface area contributed by atoms with E-state index in [0.29, 0.717) is 46.2 Å². The van der Waals surface area contributed by atoms with Gasteiger partial charge in [-0.3, -0.25) is 15.2 Å². The summed E-state index contributed by atoms with van der Waals surface area (Å²) in [6.45, 7) is 0.554. The molecular formula is C28H25ClFN7O. The van der Waals surface area contributed by atoms with Crippen molar-refractivity contribution in [1.29, 1.82) is 5.41 Å². The van der Waals surface area contributed by atoms with Gasteiger partial charge in [-0.2, -0.15) is 0 Å². The van der Waals surface area contributed by atoms with Crippen LogP contribution in [0, 0.1) is 11.2 Å². The van der Waals surface area contributed by atoms with E-state index < -0.39 is 0 Å². The molecule has 1 aliphatic heterocycles. The van der Waals surface area contributed by atoms with Gasteiger partial charge < -0.3 is 15.2 Å². The van der Waals surface area contributed by atoms with Crippen LogP contribution in [0.1, 0.15) is 53.3 Å². The van der Waals surface area contributed by atoms with Crippen molar-refractivity contribution in [2.24, 2.45) is 10.7 Å². The number of benzene rings is 2. The molecule has 38 heavy (non-hydrogen) atoms. The number of rotatable bonds is 5. The fourth-order valence-electron chi connectivity index (χ4n) is 5.72. The molecule has 192 valence electrons. The van der Waals surface area contributed by atoms with Gasteiger partial charge in [0, 0.05) is 29.2 Å². The number of nitrogens with one attached hydrogen (secondary N) is 1. The van der Waals surface area contributed by atoms with Gasteiger partial charge in [0.05, 0.1) is 17.3 Å². The van der Waals surface area contributed by atoms with Crippen LogP contribution in [0.2, 0.25) is 5.02 Å².